The van der Waals surface area contributed by atoms with Gasteiger partial charge in [0.15, 0.2) is 5.96 Å². The van der Waals surface area contributed by atoms with Crippen molar-refractivity contribution in [3.8, 4) is 0 Å². The fourth-order valence-corrected chi connectivity index (χ4v) is 4.04. The zero-order valence-electron chi connectivity index (χ0n) is 13.0. The zero-order valence-corrected chi connectivity index (χ0v) is 17.7. The normalized spacial score (nSPS) is 11.2. The molecule has 0 saturated heterocycles. The number of hydrogen-bond acceptors (Lipinski definition) is 4. The summed E-state index contributed by atoms with van der Waals surface area (Å²) in [6.45, 7) is 5.61. The van der Waals surface area contributed by atoms with Gasteiger partial charge in [0, 0.05) is 23.8 Å². The Morgan fingerprint density at radius 3 is 2.59 bits per heavy atom. The van der Waals surface area contributed by atoms with E-state index in [0.717, 1.165) is 34.1 Å². The lowest BCUT2D eigenvalue weighted by atomic mass is 10.4. The first-order chi connectivity index (χ1) is 9.99. The van der Waals surface area contributed by atoms with Crippen LogP contribution in [0.3, 0.4) is 0 Å². The van der Waals surface area contributed by atoms with Gasteiger partial charge in [0.1, 0.15) is 0 Å². The molecule has 0 atom stereocenters. The lowest BCUT2D eigenvalue weighted by Gasteiger charge is -2.21. The summed E-state index contributed by atoms with van der Waals surface area (Å²) in [5.41, 5.74) is 1.09. The summed E-state index contributed by atoms with van der Waals surface area (Å²) in [5.74, 6) is 0.866. The van der Waals surface area contributed by atoms with Gasteiger partial charge in [-0.2, -0.15) is 0 Å². The molecule has 0 saturated carbocycles. The van der Waals surface area contributed by atoms with Crippen LogP contribution in [0.15, 0.2) is 17.1 Å². The molecule has 0 radical (unpaired) electrons. The Labute approximate surface area is 161 Å². The minimum absolute atomic E-state index is 0. The van der Waals surface area contributed by atoms with E-state index in [2.05, 4.69) is 20.2 Å². The number of rotatable bonds is 4. The molecule has 0 aromatic carbocycles. The van der Waals surface area contributed by atoms with Crippen molar-refractivity contribution in [3.63, 3.8) is 0 Å². The SMILES string of the molecule is CN=C(NCc1sc(C)nc1C)N(C)Cc1ccc(Cl)s1.I. The molecular weight excluding hydrogens is 451 g/mol. The van der Waals surface area contributed by atoms with E-state index in [1.165, 1.54) is 9.75 Å². The zero-order chi connectivity index (χ0) is 15.4. The summed E-state index contributed by atoms with van der Waals surface area (Å²) >= 11 is 9.29. The average Bonchev–Trinajstić information content (AvgIpc) is 2.96. The quantitative estimate of drug-likeness (QED) is 0.411. The van der Waals surface area contributed by atoms with Crippen LogP contribution in [0.1, 0.15) is 20.5 Å². The maximum Gasteiger partial charge on any atom is 0.194 e. The summed E-state index contributed by atoms with van der Waals surface area (Å²) in [5, 5.41) is 4.48. The van der Waals surface area contributed by atoms with Crippen LogP contribution >= 0.6 is 58.3 Å². The Balaban J connectivity index is 0.00000242. The second-order valence-electron chi connectivity index (χ2n) is 4.70. The van der Waals surface area contributed by atoms with Crippen molar-refractivity contribution < 1.29 is 0 Å². The summed E-state index contributed by atoms with van der Waals surface area (Å²) < 4.78 is 0.817. The van der Waals surface area contributed by atoms with Crippen LogP contribution in [0.5, 0.6) is 0 Å². The van der Waals surface area contributed by atoms with Gasteiger partial charge in [-0.1, -0.05) is 11.6 Å². The highest BCUT2D eigenvalue weighted by Crippen LogP contribution is 2.22. The van der Waals surface area contributed by atoms with Crippen LogP contribution in [0.4, 0.5) is 0 Å². The molecule has 2 rings (SSSR count). The molecule has 2 heterocycles. The Kier molecular flexibility index (Phi) is 8.09. The molecule has 0 fully saturated rings. The van der Waals surface area contributed by atoms with Gasteiger partial charge in [-0.3, -0.25) is 4.99 Å². The van der Waals surface area contributed by atoms with Gasteiger partial charge in [0.25, 0.3) is 0 Å². The number of aliphatic imine (C=N–C) groups is 1. The van der Waals surface area contributed by atoms with E-state index in [-0.39, 0.29) is 24.0 Å². The predicted molar refractivity (Wildman–Crippen MR) is 108 cm³/mol. The minimum Gasteiger partial charge on any atom is -0.351 e. The van der Waals surface area contributed by atoms with Gasteiger partial charge in [0.2, 0.25) is 0 Å². The fourth-order valence-electron chi connectivity index (χ4n) is 2.03. The molecular formula is C14H20ClIN4S2. The molecule has 8 heteroatoms. The van der Waals surface area contributed by atoms with E-state index in [0.29, 0.717) is 0 Å². The summed E-state index contributed by atoms with van der Waals surface area (Å²) in [4.78, 5) is 13.3. The maximum absolute atomic E-state index is 5.97. The molecule has 0 aliphatic carbocycles. The number of nitrogens with one attached hydrogen (secondary N) is 1. The van der Waals surface area contributed by atoms with Gasteiger partial charge in [0.05, 0.1) is 28.1 Å². The number of aromatic nitrogens is 1. The van der Waals surface area contributed by atoms with E-state index in [4.69, 9.17) is 11.6 Å². The van der Waals surface area contributed by atoms with E-state index in [9.17, 15) is 0 Å². The lowest BCUT2D eigenvalue weighted by Crippen LogP contribution is -2.37. The Bertz CT molecular complexity index is 639. The molecule has 0 unspecified atom stereocenters. The topological polar surface area (TPSA) is 40.5 Å². The number of hydrogen-bond donors (Lipinski definition) is 1. The van der Waals surface area contributed by atoms with Crippen molar-refractivity contribution in [1.82, 2.24) is 15.2 Å². The molecule has 122 valence electrons. The highest BCUT2D eigenvalue weighted by atomic mass is 127. The molecule has 1 N–H and O–H groups in total. The Hall–Kier alpha value is -0.380. The lowest BCUT2D eigenvalue weighted by molar-refractivity contribution is 0.481. The molecule has 0 spiro atoms. The third kappa shape index (κ3) is 5.36. The number of nitrogens with zero attached hydrogens (tertiary/aromatic N) is 3. The highest BCUT2D eigenvalue weighted by Gasteiger charge is 2.10. The Morgan fingerprint density at radius 2 is 2.09 bits per heavy atom. The number of thiazole rings is 1. The van der Waals surface area contributed by atoms with Crippen LogP contribution in [-0.4, -0.2) is 29.9 Å². The van der Waals surface area contributed by atoms with Crippen LogP contribution in [-0.2, 0) is 13.1 Å². The summed E-state index contributed by atoms with van der Waals surface area (Å²) in [6, 6.07) is 3.97. The maximum atomic E-state index is 5.97. The van der Waals surface area contributed by atoms with Crippen LogP contribution in [0.25, 0.3) is 0 Å². The number of guanidine groups is 1. The highest BCUT2D eigenvalue weighted by molar-refractivity contribution is 14.0. The average molecular weight is 471 g/mol. The molecule has 0 amide bonds. The molecule has 22 heavy (non-hydrogen) atoms. The molecule has 2 aromatic rings. The van der Waals surface area contributed by atoms with E-state index < -0.39 is 0 Å². The first-order valence-corrected chi connectivity index (χ1v) is 8.59. The minimum atomic E-state index is 0. The van der Waals surface area contributed by atoms with Crippen molar-refractivity contribution in [2.45, 2.75) is 26.9 Å². The van der Waals surface area contributed by atoms with Crippen molar-refractivity contribution in [2.75, 3.05) is 14.1 Å². The van der Waals surface area contributed by atoms with Crippen molar-refractivity contribution in [1.29, 1.82) is 0 Å². The van der Waals surface area contributed by atoms with Crippen molar-refractivity contribution in [3.05, 3.63) is 36.9 Å². The van der Waals surface area contributed by atoms with E-state index in [1.807, 2.05) is 33.0 Å². The van der Waals surface area contributed by atoms with E-state index >= 15 is 0 Å². The van der Waals surface area contributed by atoms with Crippen LogP contribution in [0.2, 0.25) is 4.34 Å². The Morgan fingerprint density at radius 1 is 1.36 bits per heavy atom. The van der Waals surface area contributed by atoms with Gasteiger partial charge in [-0.25, -0.2) is 4.98 Å². The first kappa shape index (κ1) is 19.7. The van der Waals surface area contributed by atoms with Crippen LogP contribution < -0.4 is 5.32 Å². The van der Waals surface area contributed by atoms with Gasteiger partial charge >= 0.3 is 0 Å². The molecule has 2 aromatic heterocycles. The third-order valence-corrected chi connectivity index (χ3v) is 5.29. The predicted octanol–water partition coefficient (Wildman–Crippen LogP) is 4.30. The van der Waals surface area contributed by atoms with Crippen molar-refractivity contribution in [2.24, 2.45) is 4.99 Å². The van der Waals surface area contributed by atoms with Gasteiger partial charge in [-0.05, 0) is 26.0 Å². The largest absolute Gasteiger partial charge is 0.351 e. The third-order valence-electron chi connectivity index (χ3n) is 3.00. The smallest absolute Gasteiger partial charge is 0.194 e. The van der Waals surface area contributed by atoms with Crippen LogP contribution in [0, 0.1) is 13.8 Å². The number of aryl methyl sites for hydroxylation is 2. The first-order valence-electron chi connectivity index (χ1n) is 6.58. The summed E-state index contributed by atoms with van der Waals surface area (Å²) in [7, 11) is 3.82. The second kappa shape index (κ2) is 9.05. The molecule has 0 aliphatic rings. The molecule has 0 bridgehead atoms. The van der Waals surface area contributed by atoms with Gasteiger partial charge < -0.3 is 10.2 Å². The van der Waals surface area contributed by atoms with E-state index in [1.54, 1.807) is 29.7 Å². The monoisotopic (exact) mass is 470 g/mol. The molecule has 4 nitrogen and oxygen atoms in total. The molecule has 0 aliphatic heterocycles. The summed E-state index contributed by atoms with van der Waals surface area (Å²) in [6.07, 6.45) is 0. The second-order valence-corrected chi connectivity index (χ2v) is 7.79. The number of halogens is 2. The van der Waals surface area contributed by atoms with Crippen molar-refractivity contribution >= 4 is 64.2 Å². The fraction of sp³-hybridized carbons (Fsp3) is 0.429. The number of thiophene rings is 1. The standard InChI is InChI=1S/C14H19ClN4S2.HI/c1-9-12(20-10(2)18-9)7-17-14(16-3)19(4)8-11-5-6-13(15)21-11;/h5-6H,7-8H2,1-4H3,(H,16,17);1H. The van der Waals surface area contributed by atoms with Gasteiger partial charge in [-0.15, -0.1) is 46.7 Å².